The lowest BCUT2D eigenvalue weighted by molar-refractivity contribution is -0.133. The molecule has 1 fully saturated rings. The van der Waals surface area contributed by atoms with E-state index >= 15 is 0 Å². The van der Waals surface area contributed by atoms with Crippen molar-refractivity contribution in [2.45, 2.75) is 19.4 Å². The van der Waals surface area contributed by atoms with Crippen molar-refractivity contribution in [2.75, 3.05) is 31.9 Å². The molecule has 0 radical (unpaired) electrons. The first-order valence-electron chi connectivity index (χ1n) is 11.3. The number of anilines is 1. The maximum Gasteiger partial charge on any atom is 0.223 e. The van der Waals surface area contributed by atoms with Crippen molar-refractivity contribution in [3.8, 4) is 11.3 Å². The van der Waals surface area contributed by atoms with Crippen molar-refractivity contribution in [3.63, 3.8) is 0 Å². The van der Waals surface area contributed by atoms with Crippen LogP contribution in [0.4, 0.5) is 5.82 Å². The number of aryl methyl sites for hydroxylation is 1. The normalized spacial score (nSPS) is 14.6. The van der Waals surface area contributed by atoms with Crippen LogP contribution in [0.25, 0.3) is 22.2 Å². The molecule has 2 aromatic carbocycles. The highest BCUT2D eigenvalue weighted by molar-refractivity contribution is 6.30. The third kappa shape index (κ3) is 5.03. The number of aromatic nitrogens is 3. The molecule has 4 aromatic rings. The Morgan fingerprint density at radius 1 is 1.03 bits per heavy atom. The van der Waals surface area contributed by atoms with E-state index in [0.717, 1.165) is 29.6 Å². The molecule has 1 aliphatic heterocycles. The summed E-state index contributed by atoms with van der Waals surface area (Å²) in [6.07, 6.45) is 2.52. The lowest BCUT2D eigenvalue weighted by Gasteiger charge is -2.34. The predicted molar refractivity (Wildman–Crippen MR) is 131 cm³/mol. The summed E-state index contributed by atoms with van der Waals surface area (Å²) in [6, 6.07) is 15.1. The number of benzene rings is 2. The minimum atomic E-state index is 0.108. The van der Waals surface area contributed by atoms with Crippen LogP contribution in [0.3, 0.4) is 0 Å². The SMILES string of the molecule is Nc1nc(CN2CCN(C(=O)CCc3ncc(-c4ccc(Cl)cc4)o3)CC2)nc2ccccc12. The van der Waals surface area contributed by atoms with Gasteiger partial charge in [0, 0.05) is 55.0 Å². The Labute approximate surface area is 202 Å². The molecule has 9 heteroatoms. The molecule has 1 amide bonds. The van der Waals surface area contributed by atoms with Gasteiger partial charge in [-0.2, -0.15) is 0 Å². The quantitative estimate of drug-likeness (QED) is 0.451. The molecule has 3 heterocycles. The minimum Gasteiger partial charge on any atom is -0.441 e. The van der Waals surface area contributed by atoms with Crippen LogP contribution < -0.4 is 5.73 Å². The Hall–Kier alpha value is -3.49. The van der Waals surface area contributed by atoms with Crippen molar-refractivity contribution >= 4 is 34.2 Å². The van der Waals surface area contributed by atoms with Crippen molar-refractivity contribution in [3.05, 3.63) is 71.5 Å². The number of carbonyl (C=O) groups excluding carboxylic acids is 1. The van der Waals surface area contributed by atoms with Gasteiger partial charge in [0.1, 0.15) is 11.6 Å². The van der Waals surface area contributed by atoms with E-state index in [-0.39, 0.29) is 5.91 Å². The van der Waals surface area contributed by atoms with E-state index in [4.69, 9.17) is 21.8 Å². The monoisotopic (exact) mass is 476 g/mol. The van der Waals surface area contributed by atoms with Crippen LogP contribution in [0.2, 0.25) is 5.02 Å². The van der Waals surface area contributed by atoms with Gasteiger partial charge in [-0.25, -0.2) is 15.0 Å². The molecule has 1 aliphatic rings. The number of fused-ring (bicyclic) bond motifs is 1. The fourth-order valence-corrected chi connectivity index (χ4v) is 4.25. The third-order valence-corrected chi connectivity index (χ3v) is 6.26. The van der Waals surface area contributed by atoms with Gasteiger partial charge in [-0.3, -0.25) is 9.69 Å². The highest BCUT2D eigenvalue weighted by atomic mass is 35.5. The number of rotatable bonds is 6. The van der Waals surface area contributed by atoms with Crippen LogP contribution in [0.1, 0.15) is 18.1 Å². The second-order valence-electron chi connectivity index (χ2n) is 8.32. The Kier molecular flexibility index (Phi) is 6.42. The standard InChI is InChI=1S/C25H25ClN6O2/c26-18-7-5-17(6-8-18)21-15-28-23(34-21)9-10-24(33)32-13-11-31(12-14-32)16-22-29-20-4-2-1-3-19(20)25(27)30-22/h1-8,15H,9-14,16H2,(H2,27,29,30). The first kappa shape index (κ1) is 22.3. The summed E-state index contributed by atoms with van der Waals surface area (Å²) in [5.74, 6) is 2.54. The van der Waals surface area contributed by atoms with Crippen LogP contribution in [-0.4, -0.2) is 56.8 Å². The van der Waals surface area contributed by atoms with Gasteiger partial charge in [0.15, 0.2) is 11.7 Å². The topological polar surface area (TPSA) is 101 Å². The zero-order chi connectivity index (χ0) is 23.5. The van der Waals surface area contributed by atoms with Gasteiger partial charge in [0.25, 0.3) is 0 Å². The van der Waals surface area contributed by atoms with Crippen LogP contribution in [0.15, 0.2) is 59.1 Å². The molecule has 0 atom stereocenters. The number of carbonyl (C=O) groups is 1. The van der Waals surface area contributed by atoms with Gasteiger partial charge in [-0.05, 0) is 36.4 Å². The largest absolute Gasteiger partial charge is 0.441 e. The van der Waals surface area contributed by atoms with Crippen LogP contribution >= 0.6 is 11.6 Å². The Morgan fingerprint density at radius 2 is 1.79 bits per heavy atom. The Morgan fingerprint density at radius 3 is 2.59 bits per heavy atom. The Bertz CT molecular complexity index is 1300. The number of nitrogens with zero attached hydrogens (tertiary/aromatic N) is 5. The highest BCUT2D eigenvalue weighted by Gasteiger charge is 2.22. The molecule has 8 nitrogen and oxygen atoms in total. The Balaban J connectivity index is 1.11. The number of nitrogens with two attached hydrogens (primary N) is 1. The molecule has 1 saturated heterocycles. The first-order chi connectivity index (χ1) is 16.5. The van der Waals surface area contributed by atoms with E-state index in [0.29, 0.717) is 60.8 Å². The van der Waals surface area contributed by atoms with E-state index in [2.05, 4.69) is 19.9 Å². The van der Waals surface area contributed by atoms with Crippen LogP contribution in [0, 0.1) is 0 Å². The zero-order valence-corrected chi connectivity index (χ0v) is 19.4. The zero-order valence-electron chi connectivity index (χ0n) is 18.7. The number of para-hydroxylation sites is 1. The average molecular weight is 477 g/mol. The van der Waals surface area contributed by atoms with Gasteiger partial charge in [-0.1, -0.05) is 23.7 Å². The van der Waals surface area contributed by atoms with Crippen molar-refractivity contribution in [1.29, 1.82) is 0 Å². The van der Waals surface area contributed by atoms with Gasteiger partial charge in [0.2, 0.25) is 5.91 Å². The van der Waals surface area contributed by atoms with Crippen LogP contribution in [-0.2, 0) is 17.8 Å². The number of hydrogen-bond donors (Lipinski definition) is 1. The summed E-state index contributed by atoms with van der Waals surface area (Å²) in [5.41, 5.74) is 7.86. The molecule has 174 valence electrons. The fraction of sp³-hybridized carbons (Fsp3) is 0.280. The summed E-state index contributed by atoms with van der Waals surface area (Å²) in [4.78, 5) is 30.3. The molecular formula is C25H25ClN6O2. The van der Waals surface area contributed by atoms with E-state index in [9.17, 15) is 4.79 Å². The molecule has 0 saturated carbocycles. The maximum atomic E-state index is 12.7. The van der Waals surface area contributed by atoms with E-state index < -0.39 is 0 Å². The lowest BCUT2D eigenvalue weighted by Crippen LogP contribution is -2.48. The molecule has 5 rings (SSSR count). The van der Waals surface area contributed by atoms with Crippen LogP contribution in [0.5, 0.6) is 0 Å². The number of nitrogen functional groups attached to an aromatic ring is 1. The number of halogens is 1. The summed E-state index contributed by atoms with van der Waals surface area (Å²) in [6.45, 7) is 3.48. The molecule has 2 aromatic heterocycles. The number of amides is 1. The third-order valence-electron chi connectivity index (χ3n) is 6.00. The molecule has 0 spiro atoms. The summed E-state index contributed by atoms with van der Waals surface area (Å²) >= 11 is 5.94. The van der Waals surface area contributed by atoms with Gasteiger partial charge >= 0.3 is 0 Å². The second kappa shape index (κ2) is 9.79. The second-order valence-corrected chi connectivity index (χ2v) is 8.76. The molecule has 0 bridgehead atoms. The smallest absolute Gasteiger partial charge is 0.223 e. The van der Waals surface area contributed by atoms with Crippen molar-refractivity contribution < 1.29 is 9.21 Å². The number of hydrogen-bond acceptors (Lipinski definition) is 7. The highest BCUT2D eigenvalue weighted by Crippen LogP contribution is 2.23. The average Bonchev–Trinajstić information content (AvgIpc) is 3.33. The van der Waals surface area contributed by atoms with Gasteiger partial charge in [-0.15, -0.1) is 0 Å². The molecule has 34 heavy (non-hydrogen) atoms. The number of piperazine rings is 1. The first-order valence-corrected chi connectivity index (χ1v) is 11.6. The van der Waals surface area contributed by atoms with E-state index in [1.165, 1.54) is 0 Å². The van der Waals surface area contributed by atoms with E-state index in [1.54, 1.807) is 6.20 Å². The van der Waals surface area contributed by atoms with Crippen molar-refractivity contribution in [2.24, 2.45) is 0 Å². The van der Waals surface area contributed by atoms with Gasteiger partial charge in [0.05, 0.1) is 18.3 Å². The lowest BCUT2D eigenvalue weighted by atomic mass is 10.2. The molecule has 0 unspecified atom stereocenters. The molecular weight excluding hydrogens is 452 g/mol. The molecule has 0 aliphatic carbocycles. The summed E-state index contributed by atoms with van der Waals surface area (Å²) in [5, 5.41) is 1.54. The maximum absolute atomic E-state index is 12.7. The summed E-state index contributed by atoms with van der Waals surface area (Å²) < 4.78 is 5.81. The summed E-state index contributed by atoms with van der Waals surface area (Å²) in [7, 11) is 0. The fourth-order valence-electron chi connectivity index (χ4n) is 4.12. The molecule has 2 N–H and O–H groups in total. The van der Waals surface area contributed by atoms with E-state index in [1.807, 2.05) is 53.4 Å². The van der Waals surface area contributed by atoms with Gasteiger partial charge < -0.3 is 15.1 Å². The number of oxazole rings is 1. The minimum absolute atomic E-state index is 0.108. The predicted octanol–water partition coefficient (Wildman–Crippen LogP) is 3.80. The van der Waals surface area contributed by atoms with Crippen molar-refractivity contribution in [1.82, 2.24) is 24.8 Å².